The Morgan fingerprint density at radius 2 is 2.06 bits per heavy atom. The van der Waals surface area contributed by atoms with Crippen molar-refractivity contribution in [2.45, 2.75) is 19.5 Å². The van der Waals surface area contributed by atoms with Gasteiger partial charge in [0.1, 0.15) is 16.8 Å². The molecule has 0 spiro atoms. The smallest absolute Gasteiger partial charge is 0.436 e. The van der Waals surface area contributed by atoms with Gasteiger partial charge in [-0.3, -0.25) is 9.42 Å². The lowest BCUT2D eigenvalue weighted by atomic mass is 10.0. The number of H-pyrrole nitrogens is 1. The molecule has 0 saturated carbocycles. The molecule has 1 aliphatic heterocycles. The fourth-order valence-electron chi connectivity index (χ4n) is 4.13. The van der Waals surface area contributed by atoms with Crippen LogP contribution in [0.1, 0.15) is 27.3 Å². The third-order valence-corrected chi connectivity index (χ3v) is 6.97. The predicted molar refractivity (Wildman–Crippen MR) is 127 cm³/mol. The summed E-state index contributed by atoms with van der Waals surface area (Å²) < 4.78 is 11.3. The van der Waals surface area contributed by atoms with Crippen molar-refractivity contribution in [1.29, 1.82) is 5.26 Å². The number of hydrogen-bond acceptors (Lipinski definition) is 8. The number of ether oxygens (including phenoxy) is 1. The van der Waals surface area contributed by atoms with E-state index in [2.05, 4.69) is 33.4 Å². The van der Waals surface area contributed by atoms with E-state index in [9.17, 15) is 15.2 Å². The molecule has 35 heavy (non-hydrogen) atoms. The first-order valence-corrected chi connectivity index (χ1v) is 11.7. The van der Waals surface area contributed by atoms with Crippen LogP contribution in [0.5, 0.6) is 5.75 Å². The third-order valence-electron chi connectivity index (χ3n) is 5.86. The molecule has 10 heteroatoms. The van der Waals surface area contributed by atoms with Gasteiger partial charge in [0.15, 0.2) is 0 Å². The van der Waals surface area contributed by atoms with Gasteiger partial charge in [-0.15, -0.1) is 11.3 Å². The van der Waals surface area contributed by atoms with Gasteiger partial charge >= 0.3 is 11.3 Å². The van der Waals surface area contributed by atoms with Crippen LogP contribution < -0.4 is 20.2 Å². The summed E-state index contributed by atoms with van der Waals surface area (Å²) in [5.74, 6) is -0.158. The number of aromatic nitrogens is 2. The Morgan fingerprint density at radius 1 is 1.29 bits per heavy atom. The highest BCUT2D eigenvalue weighted by Gasteiger charge is 2.27. The quantitative estimate of drug-likeness (QED) is 0.253. The number of methoxy groups -OCH3 is 1. The van der Waals surface area contributed by atoms with Gasteiger partial charge in [-0.25, -0.2) is 9.79 Å². The van der Waals surface area contributed by atoms with Crippen LogP contribution in [0.2, 0.25) is 0 Å². The Balaban J connectivity index is 1.45. The SMILES string of the molecule is COc1ccc(-[n+]2[nH]oc(=O)c2/C([O-])=N/c2sc3c(c2C#N)CCN(Cc2ccccc2)C3)cc1. The number of nitrogens with one attached hydrogen (secondary N) is 1. The molecule has 0 atom stereocenters. The molecule has 0 saturated heterocycles. The summed E-state index contributed by atoms with van der Waals surface area (Å²) in [7, 11) is 1.55. The van der Waals surface area contributed by atoms with Crippen molar-refractivity contribution in [2.75, 3.05) is 13.7 Å². The summed E-state index contributed by atoms with van der Waals surface area (Å²) in [6.45, 7) is 2.28. The number of fused-ring (bicyclic) bond motifs is 1. The second kappa shape index (κ2) is 9.58. The lowest BCUT2D eigenvalue weighted by molar-refractivity contribution is -0.673. The Labute approximate surface area is 204 Å². The lowest BCUT2D eigenvalue weighted by Gasteiger charge is -2.26. The minimum atomic E-state index is -0.844. The summed E-state index contributed by atoms with van der Waals surface area (Å²) in [5, 5.41) is 25.7. The monoisotopic (exact) mass is 487 g/mol. The van der Waals surface area contributed by atoms with Crippen molar-refractivity contribution in [3.63, 3.8) is 0 Å². The van der Waals surface area contributed by atoms with E-state index in [-0.39, 0.29) is 5.69 Å². The maximum absolute atomic E-state index is 13.1. The first-order valence-electron chi connectivity index (χ1n) is 10.9. The van der Waals surface area contributed by atoms with Crippen molar-refractivity contribution >= 4 is 22.2 Å². The van der Waals surface area contributed by atoms with E-state index in [0.717, 1.165) is 23.5 Å². The largest absolute Gasteiger partial charge is 0.854 e. The molecule has 0 bridgehead atoms. The number of hydrogen-bond donors (Lipinski definition) is 1. The van der Waals surface area contributed by atoms with E-state index in [1.54, 1.807) is 31.4 Å². The fourth-order valence-corrected chi connectivity index (χ4v) is 5.33. The summed E-state index contributed by atoms with van der Waals surface area (Å²) in [6, 6.07) is 19.1. The van der Waals surface area contributed by atoms with E-state index < -0.39 is 11.5 Å². The number of rotatable bonds is 6. The van der Waals surface area contributed by atoms with E-state index in [4.69, 9.17) is 9.26 Å². The third kappa shape index (κ3) is 4.47. The zero-order chi connectivity index (χ0) is 24.4. The highest BCUT2D eigenvalue weighted by atomic mass is 32.1. The van der Waals surface area contributed by atoms with Crippen LogP contribution in [-0.2, 0) is 19.5 Å². The molecule has 176 valence electrons. The molecule has 3 heterocycles. The van der Waals surface area contributed by atoms with Crippen LogP contribution in [0, 0.1) is 11.3 Å². The van der Waals surface area contributed by atoms with E-state index >= 15 is 0 Å². The average molecular weight is 488 g/mol. The molecule has 1 aliphatic rings. The summed E-state index contributed by atoms with van der Waals surface area (Å²) in [6.07, 6.45) is 0.698. The molecule has 0 unspecified atom stereocenters. The second-order valence-electron chi connectivity index (χ2n) is 8.02. The van der Waals surface area contributed by atoms with Crippen LogP contribution in [-0.4, -0.2) is 29.7 Å². The fraction of sp³-hybridized carbons (Fsp3) is 0.200. The van der Waals surface area contributed by atoms with Gasteiger partial charge in [0.2, 0.25) is 5.69 Å². The summed E-state index contributed by atoms with van der Waals surface area (Å²) >= 11 is 1.32. The van der Waals surface area contributed by atoms with E-state index in [0.29, 0.717) is 35.0 Å². The number of benzene rings is 2. The Bertz CT molecular complexity index is 1480. The van der Waals surface area contributed by atoms with Crippen LogP contribution in [0.4, 0.5) is 5.00 Å². The summed E-state index contributed by atoms with van der Waals surface area (Å²) in [4.78, 5) is 19.8. The molecule has 0 amide bonds. The van der Waals surface area contributed by atoms with Gasteiger partial charge in [0, 0.05) is 36.6 Å². The molecule has 9 nitrogen and oxygen atoms in total. The standard InChI is InChI=1S/C25H21N5O4S/c1-33-18-9-7-17(8-10-18)30-22(25(32)34-28-30)23(31)27-24-20(13-26)19-11-12-29(15-21(19)35-24)14-16-5-3-2-4-6-16/h2-10H,11-12,14-15H2,1H3,(H-,27,28,31,32). The molecule has 2 aromatic heterocycles. The van der Waals surface area contributed by atoms with Crippen LogP contribution in [0.3, 0.4) is 0 Å². The predicted octanol–water partition coefficient (Wildman–Crippen LogP) is 2.18. The first kappa shape index (κ1) is 22.6. The number of aliphatic imine (C=N–C) groups is 1. The molecule has 0 radical (unpaired) electrons. The van der Waals surface area contributed by atoms with Gasteiger partial charge in [0.05, 0.1) is 18.6 Å². The van der Waals surface area contributed by atoms with Crippen LogP contribution >= 0.6 is 11.3 Å². The molecular weight excluding hydrogens is 466 g/mol. The van der Waals surface area contributed by atoms with Gasteiger partial charge in [-0.05, 0) is 39.6 Å². The van der Waals surface area contributed by atoms with Crippen molar-refractivity contribution in [3.05, 3.63) is 92.3 Å². The highest BCUT2D eigenvalue weighted by Crippen LogP contribution is 2.38. The van der Waals surface area contributed by atoms with Gasteiger partial charge < -0.3 is 9.84 Å². The molecule has 4 aromatic rings. The van der Waals surface area contributed by atoms with Crippen molar-refractivity contribution in [3.8, 4) is 17.5 Å². The Kier molecular flexibility index (Phi) is 6.18. The zero-order valence-corrected chi connectivity index (χ0v) is 19.7. The Hall–Kier alpha value is -4.20. The molecule has 0 aliphatic carbocycles. The lowest BCUT2D eigenvalue weighted by Crippen LogP contribution is -2.44. The van der Waals surface area contributed by atoms with Crippen LogP contribution in [0.15, 0.2) is 68.9 Å². The Morgan fingerprint density at radius 3 is 2.77 bits per heavy atom. The highest BCUT2D eigenvalue weighted by molar-refractivity contribution is 7.16. The zero-order valence-electron chi connectivity index (χ0n) is 18.9. The van der Waals surface area contributed by atoms with E-state index in [1.165, 1.54) is 21.6 Å². The van der Waals surface area contributed by atoms with Gasteiger partial charge in [-0.1, -0.05) is 30.3 Å². The molecule has 1 N–H and O–H groups in total. The average Bonchev–Trinajstić information content (AvgIpc) is 3.43. The van der Waals surface area contributed by atoms with Gasteiger partial charge in [0.25, 0.3) is 0 Å². The molecule has 2 aromatic carbocycles. The molecular formula is C25H21N5O4S. The van der Waals surface area contributed by atoms with Crippen molar-refractivity contribution < 1.29 is 19.0 Å². The summed E-state index contributed by atoms with van der Waals surface area (Å²) in [5.41, 5.74) is 1.92. The topological polar surface area (TPSA) is 122 Å². The van der Waals surface area contributed by atoms with Crippen LogP contribution in [0.25, 0.3) is 5.69 Å². The number of aromatic amines is 1. The van der Waals surface area contributed by atoms with E-state index in [1.807, 2.05) is 18.2 Å². The maximum Gasteiger partial charge on any atom is 0.436 e. The minimum absolute atomic E-state index is 0.281. The second-order valence-corrected chi connectivity index (χ2v) is 9.11. The molecule has 5 rings (SSSR count). The molecule has 0 fully saturated rings. The first-order chi connectivity index (χ1) is 17.1. The van der Waals surface area contributed by atoms with Crippen molar-refractivity contribution in [2.24, 2.45) is 4.99 Å². The normalized spacial score (nSPS) is 13.9. The van der Waals surface area contributed by atoms with Crippen molar-refractivity contribution in [1.82, 2.24) is 10.2 Å². The number of nitriles is 1. The van der Waals surface area contributed by atoms with Gasteiger partial charge in [-0.2, -0.15) is 5.26 Å². The number of thiophene rings is 1. The maximum atomic E-state index is 13.1. The number of nitrogens with zero attached hydrogens (tertiary/aromatic N) is 4. The minimum Gasteiger partial charge on any atom is -0.854 e.